The quantitative estimate of drug-likeness (QED) is 0.0161. The zero-order valence-electron chi connectivity index (χ0n) is 45.8. The Morgan fingerprint density at radius 1 is 0.482 bits per heavy atom. The second-order valence-corrected chi connectivity index (χ2v) is 21.4. The fourth-order valence-electron chi connectivity index (χ4n) is 12.4. The number of carbonyl (C=O) groups excluding carboxylic acids is 4. The van der Waals surface area contributed by atoms with Crippen LogP contribution in [0.2, 0.25) is 0 Å². The topological polar surface area (TPSA) is 156 Å². The Kier molecular flexibility index (Phi) is 14.0. The maximum atomic E-state index is 14.4. The van der Waals surface area contributed by atoms with Gasteiger partial charge < -0.3 is 34.9 Å². The van der Waals surface area contributed by atoms with Gasteiger partial charge in [0.05, 0.1) is 30.8 Å². The molecule has 0 bridgehead atoms. The molecule has 7 aromatic carbocycles. The monoisotopic (exact) mass is 1150 g/mol. The first-order chi connectivity index (χ1) is 41.3. The molecule has 3 unspecified atom stereocenters. The summed E-state index contributed by atoms with van der Waals surface area (Å²) < 4.78 is 97.5. The zero-order valence-corrected chi connectivity index (χ0v) is 45.8. The lowest BCUT2D eigenvalue weighted by atomic mass is 9.80. The Morgan fingerprint density at radius 3 is 1.39 bits per heavy atom. The predicted molar refractivity (Wildman–Crippen MR) is 310 cm³/mol. The molecule has 13 rings (SSSR count). The average molecular weight is 1150 g/mol. The highest BCUT2D eigenvalue weighted by molar-refractivity contribution is 6.05. The smallest absolute Gasteiger partial charge is 0.334 e. The molecule has 6 heterocycles. The van der Waals surface area contributed by atoms with Crippen LogP contribution in [0.3, 0.4) is 0 Å². The van der Waals surface area contributed by atoms with Crippen molar-refractivity contribution < 1.29 is 60.1 Å². The number of anilines is 3. The number of aromatic nitrogens is 3. The van der Waals surface area contributed by atoms with Crippen molar-refractivity contribution in [3.8, 4) is 17.2 Å². The number of esters is 1. The molecule has 0 radical (unpaired) electrons. The van der Waals surface area contributed by atoms with Crippen LogP contribution in [0.4, 0.5) is 39.0 Å². The van der Waals surface area contributed by atoms with Crippen LogP contribution in [0.25, 0.3) is 32.7 Å². The minimum Gasteiger partial charge on any atom is -0.497 e. The molecule has 0 spiro atoms. The summed E-state index contributed by atoms with van der Waals surface area (Å²) in [5.41, 5.74) is 8.31. The van der Waals surface area contributed by atoms with Gasteiger partial charge in [0.25, 0.3) is 11.8 Å². The van der Waals surface area contributed by atoms with Gasteiger partial charge >= 0.3 is 5.97 Å². The standard InChI is InChI=1S/C66H53F5N6O8/c1-82-39-16-12-37(13-17-39)66(36-9-5-3-6-10-36,38-14-18-40(83-2)19-15-38)84-32-8-4-7-11-56(78)75-29-26-41-44-33-50(72-47(44)20-23-53(41)75)63(79)76-30-27-42-45-34-51(73-48(45)21-24-54(42)76)64(80)77-31-28-43-46-35-52(74-49(46)22-25-55(43)77)65(81)85-62-60(70)58(68)57(67)59(69)61(62)71/h3,5-6,9-10,12-31,50-52,72-74H,4,7-8,11,32-35H2,1-2H3. The van der Waals surface area contributed by atoms with E-state index in [1.165, 1.54) is 4.57 Å². The number of hydrogen-bond donors (Lipinski definition) is 3. The highest BCUT2D eigenvalue weighted by Gasteiger charge is 2.39. The number of nitrogens with one attached hydrogen (secondary N) is 3. The molecule has 0 saturated carbocycles. The molecule has 3 atom stereocenters. The van der Waals surface area contributed by atoms with Crippen molar-refractivity contribution in [2.75, 3.05) is 36.8 Å². The molecule has 19 heteroatoms. The van der Waals surface area contributed by atoms with E-state index in [1.807, 2.05) is 103 Å². The number of unbranched alkanes of at least 4 members (excludes halogenated alkanes) is 2. The van der Waals surface area contributed by atoms with Crippen LogP contribution in [0, 0.1) is 29.1 Å². The molecule has 0 fully saturated rings. The largest absolute Gasteiger partial charge is 0.497 e. The van der Waals surface area contributed by atoms with Crippen LogP contribution in [0.1, 0.15) is 73.4 Å². The molecule has 0 saturated heterocycles. The summed E-state index contributed by atoms with van der Waals surface area (Å²) in [6.45, 7) is 0.428. The third kappa shape index (κ3) is 9.29. The molecule has 0 amide bonds. The normalized spacial score (nSPS) is 16.0. The zero-order chi connectivity index (χ0) is 58.8. The molecule has 0 aliphatic carbocycles. The first-order valence-electron chi connectivity index (χ1n) is 27.8. The summed E-state index contributed by atoms with van der Waals surface area (Å²) in [6, 6.07) is 39.8. The van der Waals surface area contributed by atoms with Gasteiger partial charge in [-0.25, -0.2) is 18.0 Å². The van der Waals surface area contributed by atoms with Gasteiger partial charge in [-0.05, 0) is 125 Å². The van der Waals surface area contributed by atoms with Crippen molar-refractivity contribution in [2.45, 2.75) is 68.7 Å². The minimum atomic E-state index is -2.38. The van der Waals surface area contributed by atoms with Gasteiger partial charge in [-0.1, -0.05) is 61.0 Å². The van der Waals surface area contributed by atoms with Crippen LogP contribution >= 0.6 is 0 Å². The number of halogens is 5. The number of nitrogens with zero attached hydrogens (tertiary/aromatic N) is 3. The fourth-order valence-corrected chi connectivity index (χ4v) is 12.4. The Labute approximate surface area is 482 Å². The molecule has 85 heavy (non-hydrogen) atoms. The molecule has 3 aliphatic rings. The number of benzene rings is 7. The van der Waals surface area contributed by atoms with E-state index in [1.54, 1.807) is 60.1 Å². The van der Waals surface area contributed by atoms with Crippen LogP contribution in [0.5, 0.6) is 17.2 Å². The first-order valence-corrected chi connectivity index (χ1v) is 27.8. The average Bonchev–Trinajstić information content (AvgIpc) is 2.62. The summed E-state index contributed by atoms with van der Waals surface area (Å²) in [6.07, 6.45) is 8.24. The van der Waals surface area contributed by atoms with E-state index in [9.17, 15) is 41.1 Å². The van der Waals surface area contributed by atoms with E-state index in [0.29, 0.717) is 66.4 Å². The van der Waals surface area contributed by atoms with Crippen LogP contribution < -0.4 is 30.2 Å². The van der Waals surface area contributed by atoms with Crippen molar-refractivity contribution in [3.63, 3.8) is 0 Å². The van der Waals surface area contributed by atoms with Gasteiger partial charge in [0, 0.05) is 84.1 Å². The third-order valence-electron chi connectivity index (χ3n) is 16.7. The van der Waals surface area contributed by atoms with Crippen LogP contribution in [0.15, 0.2) is 152 Å². The van der Waals surface area contributed by atoms with Crippen molar-refractivity contribution in [3.05, 3.63) is 215 Å². The van der Waals surface area contributed by atoms with Gasteiger partial charge in [-0.3, -0.25) is 28.1 Å². The Balaban J connectivity index is 0.641. The van der Waals surface area contributed by atoms with E-state index in [-0.39, 0.29) is 24.1 Å². The van der Waals surface area contributed by atoms with E-state index < -0.39 is 64.5 Å². The molecule has 3 aliphatic heterocycles. The van der Waals surface area contributed by atoms with E-state index in [4.69, 9.17) is 18.9 Å². The molecule has 14 nitrogen and oxygen atoms in total. The second-order valence-electron chi connectivity index (χ2n) is 21.4. The number of carbonyl (C=O) groups is 4. The molecule has 10 aromatic rings. The molecular formula is C66H53F5N6O8. The van der Waals surface area contributed by atoms with Crippen molar-refractivity contribution >= 4 is 73.5 Å². The Hall–Kier alpha value is -9.75. The van der Waals surface area contributed by atoms with Crippen LogP contribution in [-0.2, 0) is 34.4 Å². The van der Waals surface area contributed by atoms with E-state index in [0.717, 1.165) is 73.4 Å². The minimum absolute atomic E-state index is 0.0280. The summed E-state index contributed by atoms with van der Waals surface area (Å²) in [5, 5.41) is 12.0. The lowest BCUT2D eigenvalue weighted by molar-refractivity contribution is -0.135. The number of methoxy groups -OCH3 is 2. The fraction of sp³-hybridized carbons (Fsp3) is 0.212. The summed E-state index contributed by atoms with van der Waals surface area (Å²) in [5.74, 6) is -13.4. The van der Waals surface area contributed by atoms with Gasteiger partial charge in [-0.15, -0.1) is 0 Å². The van der Waals surface area contributed by atoms with Gasteiger partial charge in [0.1, 0.15) is 35.2 Å². The summed E-state index contributed by atoms with van der Waals surface area (Å²) >= 11 is 0. The van der Waals surface area contributed by atoms with Crippen molar-refractivity contribution in [2.24, 2.45) is 0 Å². The van der Waals surface area contributed by atoms with Crippen molar-refractivity contribution in [1.82, 2.24) is 13.7 Å². The SMILES string of the molecule is COc1ccc(C(OCCCCCC(=O)n2ccc3c4c(ccc32)NC(C(=O)n2ccc3c5c(ccc32)NC(C(=O)n2ccc3c6c(ccc32)NC(C(=O)Oc2c(F)c(F)c(F)c(F)c2F)C6)C5)C4)(c2ccccc2)c2ccc(OC)cc2)cc1. The predicted octanol–water partition coefficient (Wildman–Crippen LogP) is 12.8. The van der Waals surface area contributed by atoms with Gasteiger partial charge in [0.15, 0.2) is 0 Å². The highest BCUT2D eigenvalue weighted by atomic mass is 19.2. The molecule has 3 aromatic heterocycles. The summed E-state index contributed by atoms with van der Waals surface area (Å²) in [4.78, 5) is 55.6. The molecule has 3 N–H and O–H groups in total. The molecule has 430 valence electrons. The lowest BCUT2D eigenvalue weighted by Crippen LogP contribution is -2.33. The second kappa shape index (κ2) is 21.8. The first kappa shape index (κ1) is 54.5. The number of ether oxygens (including phenoxy) is 4. The third-order valence-corrected chi connectivity index (χ3v) is 16.7. The van der Waals surface area contributed by atoms with E-state index >= 15 is 0 Å². The molecular weight excluding hydrogens is 1100 g/mol. The van der Waals surface area contributed by atoms with Crippen LogP contribution in [-0.4, -0.2) is 76.3 Å². The van der Waals surface area contributed by atoms with Gasteiger partial charge in [-0.2, -0.15) is 8.78 Å². The Bertz CT molecular complexity index is 4250. The number of rotatable bonds is 16. The number of fused-ring (bicyclic) bond motifs is 9. The van der Waals surface area contributed by atoms with Crippen molar-refractivity contribution in [1.29, 1.82) is 0 Å². The van der Waals surface area contributed by atoms with Gasteiger partial charge in [0.2, 0.25) is 40.7 Å². The highest BCUT2D eigenvalue weighted by Crippen LogP contribution is 2.43. The van der Waals surface area contributed by atoms with E-state index in [2.05, 4.69) is 28.1 Å². The Morgan fingerprint density at radius 2 is 0.906 bits per heavy atom. The number of hydrogen-bond acceptors (Lipinski definition) is 11. The lowest BCUT2D eigenvalue weighted by Gasteiger charge is -2.36. The summed E-state index contributed by atoms with van der Waals surface area (Å²) in [7, 11) is 3.28. The maximum absolute atomic E-state index is 14.4. The maximum Gasteiger partial charge on any atom is 0.334 e.